The van der Waals surface area contributed by atoms with Gasteiger partial charge in [0.2, 0.25) is 0 Å². The van der Waals surface area contributed by atoms with Crippen LogP contribution in [-0.4, -0.2) is 27.6 Å². The molecule has 148 valence electrons. The summed E-state index contributed by atoms with van der Waals surface area (Å²) in [5.41, 5.74) is 2.07. The second-order valence-corrected chi connectivity index (χ2v) is 8.76. The number of piperidine rings is 1. The minimum Gasteiger partial charge on any atom is -0.507 e. The molecule has 0 spiro atoms. The summed E-state index contributed by atoms with van der Waals surface area (Å²) in [5.74, 6) is 0.172. The van der Waals surface area contributed by atoms with Crippen molar-refractivity contribution in [3.8, 4) is 16.3 Å². The third kappa shape index (κ3) is 3.32. The first-order valence-electron chi connectivity index (χ1n) is 9.99. The van der Waals surface area contributed by atoms with Crippen molar-refractivity contribution in [1.82, 2.24) is 9.88 Å². The number of phenolic OH excluding ortho intramolecular Hbond substituents is 1. The first kappa shape index (κ1) is 18.3. The van der Waals surface area contributed by atoms with Crippen molar-refractivity contribution in [2.45, 2.75) is 38.8 Å². The monoisotopic (exact) mass is 406 g/mol. The molecule has 4 aromatic rings. The quantitative estimate of drug-likeness (QED) is 0.477. The fraction of sp³-hybridized carbons (Fsp3) is 0.304. The van der Waals surface area contributed by atoms with E-state index in [0.29, 0.717) is 34.3 Å². The Morgan fingerprint density at radius 3 is 2.93 bits per heavy atom. The lowest BCUT2D eigenvalue weighted by Crippen LogP contribution is -2.36. The fourth-order valence-corrected chi connectivity index (χ4v) is 5.09. The predicted octanol–water partition coefficient (Wildman–Crippen LogP) is 5.15. The van der Waals surface area contributed by atoms with Crippen LogP contribution in [0.15, 0.2) is 51.7 Å². The maximum atomic E-state index is 12.8. The fourth-order valence-electron chi connectivity index (χ4n) is 4.12. The van der Waals surface area contributed by atoms with E-state index in [2.05, 4.69) is 16.8 Å². The molecule has 1 saturated heterocycles. The molecule has 0 bridgehead atoms. The third-order valence-electron chi connectivity index (χ3n) is 5.81. The van der Waals surface area contributed by atoms with Crippen LogP contribution in [0.4, 0.5) is 0 Å². The van der Waals surface area contributed by atoms with Gasteiger partial charge in [0.15, 0.2) is 0 Å². The highest BCUT2D eigenvalue weighted by Crippen LogP contribution is 2.33. The van der Waals surface area contributed by atoms with Crippen molar-refractivity contribution >= 4 is 32.5 Å². The molecule has 1 aliphatic rings. The highest BCUT2D eigenvalue weighted by Gasteiger charge is 2.22. The van der Waals surface area contributed by atoms with E-state index in [9.17, 15) is 9.90 Å². The average molecular weight is 407 g/mol. The van der Waals surface area contributed by atoms with Crippen LogP contribution in [0, 0.1) is 0 Å². The molecule has 6 heteroatoms. The molecule has 29 heavy (non-hydrogen) atoms. The molecule has 0 radical (unpaired) electrons. The van der Waals surface area contributed by atoms with Gasteiger partial charge in [0.1, 0.15) is 16.3 Å². The van der Waals surface area contributed by atoms with Crippen LogP contribution in [0.25, 0.3) is 31.8 Å². The van der Waals surface area contributed by atoms with Gasteiger partial charge in [0, 0.05) is 18.0 Å². The summed E-state index contributed by atoms with van der Waals surface area (Å²) in [4.78, 5) is 19.8. The molecule has 0 saturated carbocycles. The molecule has 2 aromatic heterocycles. The Morgan fingerprint density at radius 2 is 2.10 bits per heavy atom. The lowest BCUT2D eigenvalue weighted by atomic mass is 10.0. The zero-order chi connectivity index (χ0) is 20.0. The molecule has 1 aliphatic heterocycles. The largest absolute Gasteiger partial charge is 0.507 e. The Labute approximate surface area is 172 Å². The van der Waals surface area contributed by atoms with E-state index in [1.54, 1.807) is 12.1 Å². The highest BCUT2D eigenvalue weighted by molar-refractivity contribution is 7.21. The number of para-hydroxylation sites is 1. The first-order valence-corrected chi connectivity index (χ1v) is 10.8. The van der Waals surface area contributed by atoms with Gasteiger partial charge < -0.3 is 9.52 Å². The number of hydrogen-bond acceptors (Lipinski definition) is 6. The zero-order valence-corrected chi connectivity index (χ0v) is 17.0. The second-order valence-electron chi connectivity index (χ2n) is 7.73. The van der Waals surface area contributed by atoms with Gasteiger partial charge in [-0.05, 0) is 56.6 Å². The summed E-state index contributed by atoms with van der Waals surface area (Å²) >= 11 is 1.48. The third-order valence-corrected chi connectivity index (χ3v) is 6.88. The van der Waals surface area contributed by atoms with Crippen LogP contribution >= 0.6 is 11.3 Å². The molecule has 0 aliphatic carbocycles. The van der Waals surface area contributed by atoms with Gasteiger partial charge >= 0.3 is 5.63 Å². The normalized spacial score (nSPS) is 17.9. The van der Waals surface area contributed by atoms with Gasteiger partial charge in [0.25, 0.3) is 0 Å². The highest BCUT2D eigenvalue weighted by atomic mass is 32.1. The summed E-state index contributed by atoms with van der Waals surface area (Å²) in [6.45, 7) is 3.78. The van der Waals surface area contributed by atoms with Crippen molar-refractivity contribution in [1.29, 1.82) is 0 Å². The van der Waals surface area contributed by atoms with Crippen LogP contribution in [-0.2, 0) is 6.54 Å². The molecule has 0 unspecified atom stereocenters. The molecule has 1 atom stereocenters. The van der Waals surface area contributed by atoms with Crippen molar-refractivity contribution in [3.05, 3.63) is 58.4 Å². The Kier molecular flexibility index (Phi) is 4.60. The van der Waals surface area contributed by atoms with Crippen LogP contribution < -0.4 is 5.63 Å². The number of thiazole rings is 1. The standard InChI is InChI=1S/C23H22N2O3S/c1-14-6-4-5-11-25(14)13-17-19(26)10-9-15-12-16(23(27)28-21(15)17)22-24-18-7-2-3-8-20(18)29-22/h2-3,7-10,12,14,26H,4-6,11,13H2,1H3/t14-/m0/s1. The lowest BCUT2D eigenvalue weighted by Gasteiger charge is -2.33. The van der Waals surface area contributed by atoms with E-state index in [-0.39, 0.29) is 5.75 Å². The topological polar surface area (TPSA) is 66.6 Å². The minimum absolute atomic E-state index is 0.172. The van der Waals surface area contributed by atoms with E-state index in [4.69, 9.17) is 4.42 Å². The van der Waals surface area contributed by atoms with Gasteiger partial charge in [-0.3, -0.25) is 4.90 Å². The molecule has 5 nitrogen and oxygen atoms in total. The number of benzene rings is 2. The van der Waals surface area contributed by atoms with E-state index in [1.807, 2.05) is 30.3 Å². The van der Waals surface area contributed by atoms with Crippen LogP contribution in [0.5, 0.6) is 5.75 Å². The van der Waals surface area contributed by atoms with Crippen molar-refractivity contribution < 1.29 is 9.52 Å². The lowest BCUT2D eigenvalue weighted by molar-refractivity contribution is 0.151. The molecule has 1 N–H and O–H groups in total. The molecule has 5 rings (SSSR count). The number of fused-ring (bicyclic) bond motifs is 2. The Balaban J connectivity index is 1.60. The number of phenols is 1. The molecule has 3 heterocycles. The van der Waals surface area contributed by atoms with Gasteiger partial charge in [0.05, 0.1) is 21.3 Å². The molecule has 0 amide bonds. The molecular weight excluding hydrogens is 384 g/mol. The Bertz CT molecular complexity index is 1230. The maximum Gasteiger partial charge on any atom is 0.346 e. The van der Waals surface area contributed by atoms with Crippen LogP contribution in [0.1, 0.15) is 31.7 Å². The first-order chi connectivity index (χ1) is 14.1. The number of rotatable bonds is 3. The summed E-state index contributed by atoms with van der Waals surface area (Å²) in [5, 5.41) is 12.0. The second kappa shape index (κ2) is 7.28. The Hall–Kier alpha value is -2.70. The van der Waals surface area contributed by atoms with E-state index >= 15 is 0 Å². The van der Waals surface area contributed by atoms with E-state index in [1.165, 1.54) is 17.8 Å². The number of hydrogen-bond donors (Lipinski definition) is 1. The molecular formula is C23H22N2O3S. The molecule has 2 aromatic carbocycles. The maximum absolute atomic E-state index is 12.8. The van der Waals surface area contributed by atoms with E-state index in [0.717, 1.165) is 35.0 Å². The number of likely N-dealkylation sites (tertiary alicyclic amines) is 1. The molecule has 1 fully saturated rings. The van der Waals surface area contributed by atoms with Crippen molar-refractivity contribution in [2.75, 3.05) is 6.54 Å². The van der Waals surface area contributed by atoms with Crippen molar-refractivity contribution in [2.24, 2.45) is 0 Å². The van der Waals surface area contributed by atoms with E-state index < -0.39 is 5.63 Å². The minimum atomic E-state index is -0.421. The van der Waals surface area contributed by atoms with Gasteiger partial charge in [-0.2, -0.15) is 0 Å². The Morgan fingerprint density at radius 1 is 1.24 bits per heavy atom. The summed E-state index contributed by atoms with van der Waals surface area (Å²) in [6, 6.07) is 13.6. The number of aromatic hydroxyl groups is 1. The van der Waals surface area contributed by atoms with Gasteiger partial charge in [-0.1, -0.05) is 18.6 Å². The van der Waals surface area contributed by atoms with Crippen LogP contribution in [0.3, 0.4) is 0 Å². The number of nitrogens with zero attached hydrogens (tertiary/aromatic N) is 2. The smallest absolute Gasteiger partial charge is 0.346 e. The SMILES string of the molecule is C[C@H]1CCCCN1Cc1c(O)ccc2cc(-c3nc4ccccc4s3)c(=O)oc12. The average Bonchev–Trinajstić information content (AvgIpc) is 3.15. The summed E-state index contributed by atoms with van der Waals surface area (Å²) in [6.07, 6.45) is 3.54. The zero-order valence-electron chi connectivity index (χ0n) is 16.2. The van der Waals surface area contributed by atoms with Crippen LogP contribution in [0.2, 0.25) is 0 Å². The van der Waals surface area contributed by atoms with Gasteiger partial charge in [-0.25, -0.2) is 9.78 Å². The summed E-state index contributed by atoms with van der Waals surface area (Å²) < 4.78 is 6.79. The van der Waals surface area contributed by atoms with Gasteiger partial charge in [-0.15, -0.1) is 11.3 Å². The van der Waals surface area contributed by atoms with Crippen molar-refractivity contribution in [3.63, 3.8) is 0 Å². The predicted molar refractivity (Wildman–Crippen MR) is 116 cm³/mol. The number of aromatic nitrogens is 1. The summed E-state index contributed by atoms with van der Waals surface area (Å²) in [7, 11) is 0.